The fourth-order valence-electron chi connectivity index (χ4n) is 3.02. The molecule has 0 spiro atoms. The normalized spacial score (nSPS) is 35.7. The van der Waals surface area contributed by atoms with E-state index in [1.165, 1.54) is 0 Å². The summed E-state index contributed by atoms with van der Waals surface area (Å²) in [5, 5.41) is 3.01. The number of nitrogens with one attached hydrogen (secondary N) is 1. The van der Waals surface area contributed by atoms with Crippen LogP contribution in [0.3, 0.4) is 0 Å². The second-order valence-electron chi connectivity index (χ2n) is 6.26. The minimum atomic E-state index is -0.999. The van der Waals surface area contributed by atoms with Crippen molar-refractivity contribution >= 4 is 6.09 Å². The quantitative estimate of drug-likeness (QED) is 0.783. The Morgan fingerprint density at radius 2 is 2.06 bits per heavy atom. The number of rotatable bonds is 1. The molecule has 18 heavy (non-hydrogen) atoms. The molecule has 2 fully saturated rings. The topological polar surface area (TPSA) is 41.6 Å². The Balaban J connectivity index is 2.09. The molecule has 0 radical (unpaired) electrons. The Morgan fingerprint density at radius 3 is 2.61 bits per heavy atom. The molecule has 4 atom stereocenters. The van der Waals surface area contributed by atoms with E-state index in [0.29, 0.717) is 6.42 Å². The van der Waals surface area contributed by atoms with Crippen LogP contribution < -0.4 is 5.32 Å². The highest BCUT2D eigenvalue weighted by Crippen LogP contribution is 2.38. The monoisotopic (exact) mass is 258 g/mol. The van der Waals surface area contributed by atoms with Crippen LogP contribution in [0, 0.1) is 0 Å². The van der Waals surface area contributed by atoms with Gasteiger partial charge in [-0.1, -0.05) is 0 Å². The molecule has 0 aromatic rings. The van der Waals surface area contributed by atoms with Crippen molar-refractivity contribution in [2.45, 2.75) is 69.9 Å². The van der Waals surface area contributed by atoms with Crippen molar-refractivity contribution in [3.05, 3.63) is 0 Å². The highest BCUT2D eigenvalue weighted by atomic mass is 19.1. The van der Waals surface area contributed by atoms with Crippen molar-refractivity contribution in [2.75, 3.05) is 7.05 Å². The third-order valence-electron chi connectivity index (χ3n) is 3.80. The second kappa shape index (κ2) is 4.68. The third-order valence-corrected chi connectivity index (χ3v) is 3.80. The molecule has 2 aliphatic rings. The van der Waals surface area contributed by atoms with Crippen LogP contribution in [0.2, 0.25) is 0 Å². The zero-order valence-electron chi connectivity index (χ0n) is 11.6. The maximum Gasteiger partial charge on any atom is 0.410 e. The van der Waals surface area contributed by atoms with Gasteiger partial charge < -0.3 is 10.1 Å². The maximum absolute atomic E-state index is 14.3. The fraction of sp³-hybridized carbons (Fsp3) is 0.923. The number of nitrogens with zero attached hydrogens (tertiary/aromatic N) is 1. The molecule has 0 aliphatic carbocycles. The van der Waals surface area contributed by atoms with E-state index in [1.807, 2.05) is 20.8 Å². The maximum atomic E-state index is 14.3. The second-order valence-corrected chi connectivity index (χ2v) is 6.26. The van der Waals surface area contributed by atoms with Crippen molar-refractivity contribution in [3.8, 4) is 0 Å². The van der Waals surface area contributed by atoms with Crippen molar-refractivity contribution in [2.24, 2.45) is 0 Å². The average Bonchev–Trinajstić information content (AvgIpc) is 2.59. The lowest BCUT2D eigenvalue weighted by molar-refractivity contribution is -0.0126. The molecule has 2 bridgehead atoms. The molecule has 2 heterocycles. The number of carbonyl (C=O) groups excluding carboxylic acids is 1. The zero-order valence-corrected chi connectivity index (χ0v) is 11.6. The average molecular weight is 258 g/mol. The summed E-state index contributed by atoms with van der Waals surface area (Å²) in [4.78, 5) is 13.8. The number of hydrogen-bond acceptors (Lipinski definition) is 3. The molecular formula is C13H23FN2O2. The predicted octanol–water partition coefficient (Wildman–Crippen LogP) is 2.08. The van der Waals surface area contributed by atoms with Crippen molar-refractivity contribution < 1.29 is 13.9 Å². The number of ether oxygens (including phenoxy) is 1. The molecule has 1 amide bonds. The van der Waals surface area contributed by atoms with E-state index in [0.717, 1.165) is 12.8 Å². The summed E-state index contributed by atoms with van der Waals surface area (Å²) < 4.78 is 19.6. The molecule has 4 nitrogen and oxygen atoms in total. The van der Waals surface area contributed by atoms with Gasteiger partial charge in [0.05, 0.1) is 6.04 Å². The van der Waals surface area contributed by atoms with E-state index >= 15 is 0 Å². The number of piperidine rings is 1. The number of alkyl halides is 1. The van der Waals surface area contributed by atoms with Crippen molar-refractivity contribution in [3.63, 3.8) is 0 Å². The van der Waals surface area contributed by atoms with Gasteiger partial charge in [0, 0.05) is 12.1 Å². The Hall–Kier alpha value is -0.840. The summed E-state index contributed by atoms with van der Waals surface area (Å²) >= 11 is 0. The molecule has 2 saturated heterocycles. The fourth-order valence-corrected chi connectivity index (χ4v) is 3.02. The molecule has 104 valence electrons. The van der Waals surface area contributed by atoms with Crippen LogP contribution in [0.1, 0.15) is 40.0 Å². The van der Waals surface area contributed by atoms with E-state index in [1.54, 1.807) is 11.9 Å². The molecule has 2 rings (SSSR count). The van der Waals surface area contributed by atoms with E-state index < -0.39 is 11.8 Å². The standard InChI is InChI=1S/C13H23FN2O2/c1-13(2,3)18-12(17)16-8-5-6-10(16)11(14)9(7-8)15-4/h8-11,15H,5-7H2,1-4H3. The summed E-state index contributed by atoms with van der Waals surface area (Å²) in [7, 11) is 1.78. The van der Waals surface area contributed by atoms with Gasteiger partial charge >= 0.3 is 6.09 Å². The number of carbonyl (C=O) groups is 1. The molecular weight excluding hydrogens is 235 g/mol. The SMILES string of the molecule is CNC1CC2CCC(C1F)N2C(=O)OC(C)(C)C. The Labute approximate surface area is 108 Å². The van der Waals surface area contributed by atoms with Gasteiger partial charge in [0.1, 0.15) is 11.8 Å². The van der Waals surface area contributed by atoms with Gasteiger partial charge in [0.25, 0.3) is 0 Å². The zero-order chi connectivity index (χ0) is 13.5. The van der Waals surface area contributed by atoms with Gasteiger partial charge in [-0.2, -0.15) is 0 Å². The van der Waals surface area contributed by atoms with Gasteiger partial charge in [-0.25, -0.2) is 9.18 Å². The predicted molar refractivity (Wildman–Crippen MR) is 67.2 cm³/mol. The van der Waals surface area contributed by atoms with Gasteiger partial charge in [-0.05, 0) is 47.1 Å². The van der Waals surface area contributed by atoms with Crippen LogP contribution in [0.4, 0.5) is 9.18 Å². The Bertz CT molecular complexity index is 329. The van der Waals surface area contributed by atoms with E-state index in [9.17, 15) is 9.18 Å². The summed E-state index contributed by atoms with van der Waals surface area (Å²) in [5.74, 6) is 0. The summed E-state index contributed by atoms with van der Waals surface area (Å²) in [6, 6.07) is -0.341. The first kappa shape index (κ1) is 13.6. The van der Waals surface area contributed by atoms with Gasteiger partial charge in [-0.15, -0.1) is 0 Å². The summed E-state index contributed by atoms with van der Waals surface area (Å²) in [6.07, 6.45) is 0.924. The van der Waals surface area contributed by atoms with Crippen LogP contribution in [0.25, 0.3) is 0 Å². The molecule has 1 N–H and O–H groups in total. The first-order valence-electron chi connectivity index (χ1n) is 6.66. The molecule has 5 heteroatoms. The number of hydrogen-bond donors (Lipinski definition) is 1. The van der Waals surface area contributed by atoms with E-state index in [-0.39, 0.29) is 24.2 Å². The first-order valence-corrected chi connectivity index (χ1v) is 6.66. The van der Waals surface area contributed by atoms with E-state index in [2.05, 4.69) is 5.32 Å². The van der Waals surface area contributed by atoms with E-state index in [4.69, 9.17) is 4.74 Å². The molecule has 0 aromatic carbocycles. The number of fused-ring (bicyclic) bond motifs is 2. The van der Waals surface area contributed by atoms with Crippen LogP contribution in [0.5, 0.6) is 0 Å². The lowest BCUT2D eigenvalue weighted by Crippen LogP contribution is -2.58. The lowest BCUT2D eigenvalue weighted by atomic mass is 9.96. The molecule has 0 aromatic heterocycles. The number of halogens is 1. The highest BCUT2D eigenvalue weighted by molar-refractivity contribution is 5.70. The van der Waals surface area contributed by atoms with Crippen LogP contribution >= 0.6 is 0 Å². The molecule has 2 aliphatic heterocycles. The van der Waals surface area contributed by atoms with Gasteiger partial charge in [-0.3, -0.25) is 4.90 Å². The van der Waals surface area contributed by atoms with Crippen molar-refractivity contribution in [1.82, 2.24) is 10.2 Å². The first-order chi connectivity index (χ1) is 8.33. The largest absolute Gasteiger partial charge is 0.444 e. The summed E-state index contributed by atoms with van der Waals surface area (Å²) in [5.41, 5.74) is -0.526. The Kier molecular flexibility index (Phi) is 3.54. The smallest absolute Gasteiger partial charge is 0.410 e. The molecule has 4 unspecified atom stereocenters. The van der Waals surface area contributed by atoms with Gasteiger partial charge in [0.15, 0.2) is 0 Å². The minimum Gasteiger partial charge on any atom is -0.444 e. The van der Waals surface area contributed by atoms with Crippen LogP contribution in [-0.2, 0) is 4.74 Å². The van der Waals surface area contributed by atoms with Crippen LogP contribution in [-0.4, -0.2) is 47.9 Å². The Morgan fingerprint density at radius 1 is 1.39 bits per heavy atom. The van der Waals surface area contributed by atoms with Crippen molar-refractivity contribution in [1.29, 1.82) is 0 Å². The van der Waals surface area contributed by atoms with Crippen LogP contribution in [0.15, 0.2) is 0 Å². The molecule has 0 saturated carbocycles. The van der Waals surface area contributed by atoms with Gasteiger partial charge in [0.2, 0.25) is 0 Å². The third kappa shape index (κ3) is 2.46. The lowest BCUT2D eigenvalue weighted by Gasteiger charge is -2.41. The highest BCUT2D eigenvalue weighted by Gasteiger charge is 2.50. The summed E-state index contributed by atoms with van der Waals surface area (Å²) in [6.45, 7) is 5.50. The number of amides is 1. The minimum absolute atomic E-state index is 0.120.